The maximum absolute atomic E-state index is 15.2. The van der Waals surface area contributed by atoms with Crippen LogP contribution in [0, 0.1) is 34.9 Å². The van der Waals surface area contributed by atoms with Gasteiger partial charge < -0.3 is 10.1 Å². The molecule has 3 aliphatic rings. The van der Waals surface area contributed by atoms with Crippen molar-refractivity contribution in [3.8, 4) is 17.2 Å². The van der Waals surface area contributed by atoms with Crippen LogP contribution in [0.25, 0.3) is 22.0 Å². The number of hydrogen-bond donors (Lipinski definition) is 1. The fraction of sp³-hybridized carbons (Fsp3) is 0.467. The number of piperidine rings is 1. The van der Waals surface area contributed by atoms with E-state index in [0.29, 0.717) is 23.0 Å². The van der Waals surface area contributed by atoms with E-state index in [1.807, 2.05) is 31.3 Å². The molecule has 1 aromatic heterocycles. The van der Waals surface area contributed by atoms with Crippen molar-refractivity contribution in [2.24, 2.45) is 24.8 Å². The Morgan fingerprint density at radius 3 is 2.62 bits per heavy atom. The number of fused-ring (bicyclic) bond motifs is 6. The van der Waals surface area contributed by atoms with Crippen LogP contribution < -0.4 is 5.32 Å². The first-order valence-corrected chi connectivity index (χ1v) is 13.5. The number of nitrogens with one attached hydrogen (secondary N) is 1. The molecule has 2 heterocycles. The van der Waals surface area contributed by atoms with E-state index in [0.717, 1.165) is 29.3 Å². The molecule has 1 N–H and O–H groups in total. The van der Waals surface area contributed by atoms with Crippen LogP contribution in [0.3, 0.4) is 0 Å². The van der Waals surface area contributed by atoms with E-state index >= 15 is 4.39 Å². The molecule has 2 aromatic carbocycles. The van der Waals surface area contributed by atoms with Gasteiger partial charge in [-0.3, -0.25) is 14.4 Å². The fourth-order valence-corrected chi connectivity index (χ4v) is 6.60. The van der Waals surface area contributed by atoms with E-state index in [1.54, 1.807) is 42.6 Å². The van der Waals surface area contributed by atoms with E-state index < -0.39 is 29.6 Å². The molecule has 2 aliphatic carbocycles. The molecule has 6 atom stereocenters. The molecule has 39 heavy (non-hydrogen) atoms. The summed E-state index contributed by atoms with van der Waals surface area (Å²) in [6, 6.07) is 11.3. The summed E-state index contributed by atoms with van der Waals surface area (Å²) in [5, 5.41) is 17.9. The van der Waals surface area contributed by atoms with Crippen molar-refractivity contribution in [2.75, 3.05) is 0 Å². The fourth-order valence-electron chi connectivity index (χ4n) is 6.60. The molecule has 2 saturated carbocycles. The van der Waals surface area contributed by atoms with Crippen molar-refractivity contribution in [1.29, 1.82) is 5.26 Å². The summed E-state index contributed by atoms with van der Waals surface area (Å²) in [6.07, 6.45) is 3.12. The number of nitrogens with zero attached hydrogens (tertiary/aromatic N) is 4. The third-order valence-corrected chi connectivity index (χ3v) is 8.42. The van der Waals surface area contributed by atoms with Gasteiger partial charge >= 0.3 is 6.09 Å². The number of rotatable bonds is 5. The van der Waals surface area contributed by atoms with Crippen molar-refractivity contribution in [2.45, 2.75) is 63.8 Å². The maximum Gasteiger partial charge on any atom is 0.411 e. The molecule has 6 rings (SSSR count). The normalized spacial score (nSPS) is 25.7. The summed E-state index contributed by atoms with van der Waals surface area (Å²) in [7, 11) is 1.86. The molecule has 2 bridgehead atoms. The number of carbonyl (C=O) groups excluding carboxylic acids is 2. The Kier molecular flexibility index (Phi) is 5.90. The lowest BCUT2D eigenvalue weighted by atomic mass is 9.95. The second-order valence-corrected chi connectivity index (χ2v) is 12.1. The van der Waals surface area contributed by atoms with Crippen molar-refractivity contribution in [3.05, 3.63) is 54.0 Å². The first-order chi connectivity index (χ1) is 18.5. The van der Waals surface area contributed by atoms with E-state index in [1.165, 1.54) is 6.07 Å². The zero-order chi connectivity index (χ0) is 27.6. The van der Waals surface area contributed by atoms with Gasteiger partial charge in [0.1, 0.15) is 23.5 Å². The molecule has 2 amide bonds. The number of nitriles is 1. The van der Waals surface area contributed by atoms with Crippen LogP contribution in [0.4, 0.5) is 9.18 Å². The Hall–Kier alpha value is -3.93. The predicted molar refractivity (Wildman–Crippen MR) is 143 cm³/mol. The summed E-state index contributed by atoms with van der Waals surface area (Å²) in [5.41, 5.74) is 2.18. The van der Waals surface area contributed by atoms with Gasteiger partial charge in [0.15, 0.2) is 0 Å². The summed E-state index contributed by atoms with van der Waals surface area (Å²) < 4.78 is 22.6. The molecule has 3 aromatic rings. The zero-order valence-corrected chi connectivity index (χ0v) is 22.5. The minimum Gasteiger partial charge on any atom is -0.444 e. The second-order valence-electron chi connectivity index (χ2n) is 12.1. The topological polar surface area (TPSA) is 100 Å². The summed E-state index contributed by atoms with van der Waals surface area (Å²) >= 11 is 0. The second kappa shape index (κ2) is 9.08. The van der Waals surface area contributed by atoms with Crippen molar-refractivity contribution in [3.63, 3.8) is 0 Å². The number of benzene rings is 2. The highest BCUT2D eigenvalue weighted by atomic mass is 19.1. The van der Waals surface area contributed by atoms with E-state index in [9.17, 15) is 14.9 Å². The molecule has 0 unspecified atom stereocenters. The highest BCUT2D eigenvalue weighted by Crippen LogP contribution is 2.63. The Labute approximate surface area is 226 Å². The van der Waals surface area contributed by atoms with Crippen molar-refractivity contribution >= 4 is 22.9 Å². The minimum atomic E-state index is -0.932. The van der Waals surface area contributed by atoms with Gasteiger partial charge in [-0.2, -0.15) is 10.4 Å². The summed E-state index contributed by atoms with van der Waals surface area (Å²) in [6.45, 7) is 5.41. The average Bonchev–Trinajstić information content (AvgIpc) is 3.31. The van der Waals surface area contributed by atoms with Gasteiger partial charge in [-0.25, -0.2) is 9.18 Å². The lowest BCUT2D eigenvalue weighted by Crippen LogP contribution is -2.56. The number of aryl methyl sites for hydroxylation is 1. The Bertz CT molecular complexity index is 1520. The number of amides is 2. The molecule has 0 spiro atoms. The number of ether oxygens (including phenoxy) is 1. The van der Waals surface area contributed by atoms with Gasteiger partial charge in [-0.05, 0) is 80.2 Å². The van der Waals surface area contributed by atoms with Crippen molar-refractivity contribution < 1.29 is 18.7 Å². The van der Waals surface area contributed by atoms with E-state index in [-0.39, 0.29) is 24.3 Å². The van der Waals surface area contributed by atoms with Crippen LogP contribution >= 0.6 is 0 Å². The maximum atomic E-state index is 15.2. The number of aromatic nitrogens is 2. The average molecular weight is 530 g/mol. The molecule has 3 fully saturated rings. The lowest BCUT2D eigenvalue weighted by Gasteiger charge is -2.35. The molecule has 0 radical (unpaired) electrons. The smallest absolute Gasteiger partial charge is 0.411 e. The number of halogens is 1. The standard InChI is InChI=1S/C30H32FN5O3/c1-30(2,3)39-29(38)36-26-13-23(21-12-22(21)26)27(36)28(37)34-20(14-32)9-18-7-5-16(10-24(18)31)17-6-8-19-15-33-35(4)25(19)11-17/h5-8,10-11,15,20-23,26-27H,9,12-13H2,1-4H3,(H,34,37)/t20-,21+,22-,23+,26-,27-/m0/s1. The van der Waals surface area contributed by atoms with Crippen LogP contribution in [0.15, 0.2) is 42.6 Å². The molecule has 8 nitrogen and oxygen atoms in total. The van der Waals surface area contributed by atoms with Crippen molar-refractivity contribution in [1.82, 2.24) is 20.0 Å². The summed E-state index contributed by atoms with van der Waals surface area (Å²) in [4.78, 5) is 28.1. The molecular formula is C30H32FN5O3. The number of likely N-dealkylation sites (tertiary alicyclic amines) is 1. The van der Waals surface area contributed by atoms with Crippen LogP contribution in [0.1, 0.15) is 39.2 Å². The predicted octanol–water partition coefficient (Wildman–Crippen LogP) is 4.57. The number of carbonyl (C=O) groups is 2. The SMILES string of the molecule is Cn1ncc2ccc(-c3ccc(C[C@@H](C#N)NC(=O)[C@@H]4[C@@H]5C[C@@H]([C@H]6C[C@@H]56)N4C(=O)OC(C)(C)C)c(F)c3)cc21. The van der Waals surface area contributed by atoms with Gasteiger partial charge in [0.05, 0.1) is 17.8 Å². The molecule has 1 saturated heterocycles. The molecule has 9 heteroatoms. The largest absolute Gasteiger partial charge is 0.444 e. The lowest BCUT2D eigenvalue weighted by molar-refractivity contribution is -0.128. The molecule has 1 aliphatic heterocycles. The third kappa shape index (κ3) is 4.52. The first-order valence-electron chi connectivity index (χ1n) is 13.5. The monoisotopic (exact) mass is 529 g/mol. The molecule has 202 valence electrons. The zero-order valence-electron chi connectivity index (χ0n) is 22.5. The minimum absolute atomic E-state index is 0.00157. The quantitative estimate of drug-likeness (QED) is 0.522. The Balaban J connectivity index is 1.17. The third-order valence-electron chi connectivity index (χ3n) is 8.42. The van der Waals surface area contributed by atoms with Gasteiger partial charge in [-0.1, -0.05) is 24.3 Å². The van der Waals surface area contributed by atoms with Gasteiger partial charge in [-0.15, -0.1) is 0 Å². The van der Waals surface area contributed by atoms with Crippen LogP contribution in [0.2, 0.25) is 0 Å². The van der Waals surface area contributed by atoms with Crippen LogP contribution in [-0.2, 0) is 23.0 Å². The van der Waals surface area contributed by atoms with Gasteiger partial charge in [0, 0.05) is 24.9 Å². The van der Waals surface area contributed by atoms with E-state index in [2.05, 4.69) is 16.5 Å². The molecular weight excluding hydrogens is 497 g/mol. The number of hydrogen-bond acceptors (Lipinski definition) is 5. The van der Waals surface area contributed by atoms with Crippen LogP contribution in [-0.4, -0.2) is 50.4 Å². The highest BCUT2D eigenvalue weighted by Gasteiger charge is 2.67. The van der Waals surface area contributed by atoms with Gasteiger partial charge in [0.25, 0.3) is 0 Å². The first kappa shape index (κ1) is 25.4. The van der Waals surface area contributed by atoms with Crippen LogP contribution in [0.5, 0.6) is 0 Å². The summed E-state index contributed by atoms with van der Waals surface area (Å²) in [5.74, 6) is 0.139. The van der Waals surface area contributed by atoms with E-state index in [4.69, 9.17) is 4.74 Å². The van der Waals surface area contributed by atoms with Gasteiger partial charge in [0.2, 0.25) is 5.91 Å². The Morgan fingerprint density at radius 2 is 1.90 bits per heavy atom. The Morgan fingerprint density at radius 1 is 1.15 bits per heavy atom. The highest BCUT2D eigenvalue weighted by molar-refractivity contribution is 5.88.